The number of alkyl halides is 2. The van der Waals surface area contributed by atoms with Gasteiger partial charge in [0.05, 0.1) is 14.2 Å². The van der Waals surface area contributed by atoms with Crippen LogP contribution in [0.3, 0.4) is 0 Å². The van der Waals surface area contributed by atoms with Gasteiger partial charge in [-0.25, -0.2) is 0 Å². The Bertz CT molecular complexity index is 423. The van der Waals surface area contributed by atoms with E-state index < -0.39 is 5.97 Å². The summed E-state index contributed by atoms with van der Waals surface area (Å²) in [4.78, 5) is 11.3. The normalized spacial score (nSPS) is 11.8. The molecule has 0 saturated heterocycles. The van der Waals surface area contributed by atoms with Gasteiger partial charge < -0.3 is 14.2 Å². The minimum atomic E-state index is -0.416. The molecule has 1 aromatic carbocycles. The van der Waals surface area contributed by atoms with Crippen LogP contribution in [0, 0.1) is 0 Å². The Morgan fingerprint density at radius 2 is 1.79 bits per heavy atom. The van der Waals surface area contributed by atoms with Crippen molar-refractivity contribution >= 4 is 37.8 Å². The van der Waals surface area contributed by atoms with Gasteiger partial charge in [-0.05, 0) is 24.1 Å². The first kappa shape index (κ1) is 16.3. The van der Waals surface area contributed by atoms with Crippen molar-refractivity contribution < 1.29 is 19.0 Å². The molecule has 0 saturated carbocycles. The minimum Gasteiger partial charge on any atom is -0.493 e. The van der Waals surface area contributed by atoms with Gasteiger partial charge in [-0.1, -0.05) is 31.9 Å². The monoisotopic (exact) mass is 394 g/mol. The topological polar surface area (TPSA) is 44.8 Å². The van der Waals surface area contributed by atoms with Crippen molar-refractivity contribution in [3.63, 3.8) is 0 Å². The Morgan fingerprint density at radius 1 is 1.26 bits per heavy atom. The molecule has 0 fully saturated rings. The van der Waals surface area contributed by atoms with Crippen LogP contribution in [0.5, 0.6) is 17.2 Å². The molecule has 0 aliphatic carbocycles. The molecule has 0 aromatic heterocycles. The molecule has 0 aliphatic rings. The third-order valence-electron chi connectivity index (χ3n) is 2.45. The number of carbonyl (C=O) groups excluding carboxylic acids is 1. The lowest BCUT2D eigenvalue weighted by Gasteiger charge is -2.16. The Kier molecular flexibility index (Phi) is 6.65. The zero-order chi connectivity index (χ0) is 14.4. The first-order valence-electron chi connectivity index (χ1n) is 5.67. The fourth-order valence-corrected chi connectivity index (χ4v) is 3.15. The summed E-state index contributed by atoms with van der Waals surface area (Å²) >= 11 is 7.00. The molecule has 106 valence electrons. The predicted molar refractivity (Wildman–Crippen MR) is 80.9 cm³/mol. The number of esters is 1. The summed E-state index contributed by atoms with van der Waals surface area (Å²) in [6.45, 7) is 1.34. The number of rotatable bonds is 6. The van der Waals surface area contributed by atoms with Crippen LogP contribution in [-0.4, -0.2) is 25.5 Å². The molecule has 0 radical (unpaired) electrons. The van der Waals surface area contributed by atoms with Crippen molar-refractivity contribution in [3.8, 4) is 17.2 Å². The van der Waals surface area contributed by atoms with Crippen LogP contribution in [0.25, 0.3) is 0 Å². The number of methoxy groups -OCH3 is 2. The van der Waals surface area contributed by atoms with Gasteiger partial charge in [-0.3, -0.25) is 4.79 Å². The zero-order valence-electron chi connectivity index (χ0n) is 11.0. The molecule has 0 bridgehead atoms. The fraction of sp³-hybridized carbons (Fsp3) is 0.462. The maximum absolute atomic E-state index is 11.1. The first-order valence-corrected chi connectivity index (χ1v) is 7.71. The van der Waals surface area contributed by atoms with Crippen molar-refractivity contribution in [2.75, 3.05) is 19.5 Å². The summed E-state index contributed by atoms with van der Waals surface area (Å²) in [5, 5.41) is 0.874. The van der Waals surface area contributed by atoms with Crippen LogP contribution >= 0.6 is 31.9 Å². The summed E-state index contributed by atoms with van der Waals surface area (Å²) in [7, 11) is 3.05. The van der Waals surface area contributed by atoms with Gasteiger partial charge in [0.15, 0.2) is 11.5 Å². The molecule has 4 nitrogen and oxygen atoms in total. The molecule has 1 aromatic rings. The second kappa shape index (κ2) is 7.75. The first-order chi connectivity index (χ1) is 9.03. The van der Waals surface area contributed by atoms with E-state index in [0.717, 1.165) is 17.3 Å². The molecule has 0 aliphatic heterocycles. The van der Waals surface area contributed by atoms with Crippen LogP contribution < -0.4 is 14.2 Å². The average Bonchev–Trinajstić information content (AvgIpc) is 2.38. The highest BCUT2D eigenvalue weighted by molar-refractivity contribution is 9.09. The van der Waals surface area contributed by atoms with Crippen LogP contribution in [0.15, 0.2) is 12.1 Å². The summed E-state index contributed by atoms with van der Waals surface area (Å²) in [6.07, 6.45) is 0.916. The Hall–Kier alpha value is -0.750. The Morgan fingerprint density at radius 3 is 2.16 bits per heavy atom. The van der Waals surface area contributed by atoms with E-state index in [1.165, 1.54) is 21.1 Å². The Balaban J connectivity index is 3.23. The molecule has 1 atom stereocenters. The highest BCUT2D eigenvalue weighted by Crippen LogP contribution is 2.42. The van der Waals surface area contributed by atoms with Crippen LogP contribution in [0.1, 0.15) is 23.7 Å². The zero-order valence-corrected chi connectivity index (χ0v) is 14.2. The van der Waals surface area contributed by atoms with Crippen molar-refractivity contribution in [1.29, 1.82) is 0 Å². The maximum atomic E-state index is 11.1. The molecule has 0 amide bonds. The molecule has 0 N–H and O–H groups in total. The summed E-state index contributed by atoms with van der Waals surface area (Å²) < 4.78 is 15.7. The second-order valence-electron chi connectivity index (χ2n) is 3.79. The highest BCUT2D eigenvalue weighted by atomic mass is 79.9. The molecule has 6 heteroatoms. The van der Waals surface area contributed by atoms with E-state index in [4.69, 9.17) is 14.2 Å². The van der Waals surface area contributed by atoms with E-state index in [0.29, 0.717) is 17.2 Å². The number of carbonyl (C=O) groups is 1. The van der Waals surface area contributed by atoms with Crippen LogP contribution in [0.2, 0.25) is 0 Å². The summed E-state index contributed by atoms with van der Waals surface area (Å²) in [5.41, 5.74) is 1.00. The van der Waals surface area contributed by atoms with Gasteiger partial charge >= 0.3 is 5.97 Å². The van der Waals surface area contributed by atoms with Gasteiger partial charge in [0.1, 0.15) is 0 Å². The van der Waals surface area contributed by atoms with E-state index in [2.05, 4.69) is 31.9 Å². The summed E-state index contributed by atoms with van der Waals surface area (Å²) in [5.74, 6) is 0.840. The number of benzene rings is 1. The summed E-state index contributed by atoms with van der Waals surface area (Å²) in [6, 6.07) is 3.67. The van der Waals surface area contributed by atoms with Gasteiger partial charge in [0.25, 0.3) is 0 Å². The van der Waals surface area contributed by atoms with Crippen molar-refractivity contribution in [1.82, 2.24) is 0 Å². The van der Waals surface area contributed by atoms with Crippen molar-refractivity contribution in [2.45, 2.75) is 18.2 Å². The lowest BCUT2D eigenvalue weighted by Crippen LogP contribution is -2.06. The Labute approximate surface area is 129 Å². The number of halogens is 2. The molecule has 1 unspecified atom stereocenters. The smallest absolute Gasteiger partial charge is 0.308 e. The average molecular weight is 396 g/mol. The second-order valence-corrected chi connectivity index (χ2v) is 5.69. The van der Waals surface area contributed by atoms with Gasteiger partial charge in [0, 0.05) is 17.1 Å². The van der Waals surface area contributed by atoms with E-state index >= 15 is 0 Å². The van der Waals surface area contributed by atoms with E-state index in [1.807, 2.05) is 12.1 Å². The van der Waals surface area contributed by atoms with Crippen LogP contribution in [0.4, 0.5) is 0 Å². The molecule has 0 heterocycles. The van der Waals surface area contributed by atoms with E-state index in [-0.39, 0.29) is 4.83 Å². The molecule has 1 rings (SSSR count). The predicted octanol–water partition coefficient (Wildman–Crippen LogP) is 3.85. The van der Waals surface area contributed by atoms with Gasteiger partial charge in [0.2, 0.25) is 5.75 Å². The lowest BCUT2D eigenvalue weighted by atomic mass is 10.1. The third kappa shape index (κ3) is 4.38. The molecule has 19 heavy (non-hydrogen) atoms. The fourth-order valence-electron chi connectivity index (χ4n) is 1.59. The van der Waals surface area contributed by atoms with Crippen LogP contribution in [-0.2, 0) is 4.79 Å². The maximum Gasteiger partial charge on any atom is 0.308 e. The molecule has 0 spiro atoms. The third-order valence-corrected chi connectivity index (χ3v) is 3.90. The van der Waals surface area contributed by atoms with Gasteiger partial charge in [-0.2, -0.15) is 0 Å². The van der Waals surface area contributed by atoms with Gasteiger partial charge in [-0.15, -0.1) is 0 Å². The SMILES string of the molecule is COc1cc(C(Br)CCBr)cc(OC)c1OC(C)=O. The minimum absolute atomic E-state index is 0.168. The number of hydrogen-bond donors (Lipinski definition) is 0. The largest absolute Gasteiger partial charge is 0.493 e. The quantitative estimate of drug-likeness (QED) is 0.417. The number of ether oxygens (including phenoxy) is 3. The van der Waals surface area contributed by atoms with E-state index in [9.17, 15) is 4.79 Å². The standard InChI is InChI=1S/C13H16Br2O4/c1-8(16)19-13-11(17-2)6-9(7-12(13)18-3)10(15)4-5-14/h6-7,10H,4-5H2,1-3H3. The van der Waals surface area contributed by atoms with Crippen molar-refractivity contribution in [2.24, 2.45) is 0 Å². The number of hydrogen-bond acceptors (Lipinski definition) is 4. The lowest BCUT2D eigenvalue weighted by molar-refractivity contribution is -0.132. The van der Waals surface area contributed by atoms with E-state index in [1.54, 1.807) is 0 Å². The van der Waals surface area contributed by atoms with Crippen molar-refractivity contribution in [3.05, 3.63) is 17.7 Å². The molecular formula is C13H16Br2O4. The highest BCUT2D eigenvalue weighted by Gasteiger charge is 2.18. The molecular weight excluding hydrogens is 380 g/mol.